The minimum absolute atomic E-state index is 0.219. The Morgan fingerprint density at radius 2 is 1.79 bits per heavy atom. The summed E-state index contributed by atoms with van der Waals surface area (Å²) >= 11 is 0. The summed E-state index contributed by atoms with van der Waals surface area (Å²) in [5, 5.41) is 5.45. The van der Waals surface area contributed by atoms with Crippen molar-refractivity contribution in [2.24, 2.45) is 5.16 Å². The summed E-state index contributed by atoms with van der Waals surface area (Å²) < 4.78 is 5.86. The molecule has 1 amide bonds. The molecule has 7 nitrogen and oxygen atoms in total. The van der Waals surface area contributed by atoms with E-state index in [1.165, 1.54) is 19.3 Å². The Labute approximate surface area is 171 Å². The van der Waals surface area contributed by atoms with Crippen LogP contribution in [0.25, 0.3) is 5.57 Å². The largest absolute Gasteiger partial charge is 0.428 e. The summed E-state index contributed by atoms with van der Waals surface area (Å²) in [5.74, 6) is -0.258. The van der Waals surface area contributed by atoms with Crippen LogP contribution < -0.4 is 0 Å². The summed E-state index contributed by atoms with van der Waals surface area (Å²) in [6.45, 7) is 5.64. The Bertz CT molecular complexity index is 857. The molecule has 1 heterocycles. The van der Waals surface area contributed by atoms with Gasteiger partial charge in [-0.05, 0) is 56.2 Å². The van der Waals surface area contributed by atoms with E-state index in [0.29, 0.717) is 37.0 Å². The van der Waals surface area contributed by atoms with E-state index in [-0.39, 0.29) is 18.3 Å². The van der Waals surface area contributed by atoms with E-state index in [1.807, 2.05) is 32.0 Å². The molecule has 1 aromatic rings. The van der Waals surface area contributed by atoms with Crippen molar-refractivity contribution in [1.29, 1.82) is 0 Å². The molecule has 1 spiro atoms. The maximum atomic E-state index is 13.5. The number of carbonyl (C=O) groups is 2. The Balaban J connectivity index is 2.20. The highest BCUT2D eigenvalue weighted by Crippen LogP contribution is 2.49. The fourth-order valence-corrected chi connectivity index (χ4v) is 4.34. The summed E-state index contributed by atoms with van der Waals surface area (Å²) in [6.07, 6.45) is 2.53. The number of carbonyl (C=O) groups excluding carboxylic acids is 2. The second kappa shape index (κ2) is 8.37. The van der Waals surface area contributed by atoms with E-state index in [0.717, 1.165) is 22.4 Å². The number of hydrogen-bond donors (Lipinski definition) is 0. The molecule has 1 aliphatic carbocycles. The Kier molecular flexibility index (Phi) is 6.07. The van der Waals surface area contributed by atoms with Gasteiger partial charge >= 0.3 is 5.97 Å². The number of esters is 1. The number of benzene rings is 1. The van der Waals surface area contributed by atoms with Gasteiger partial charge < -0.3 is 9.57 Å². The lowest BCUT2D eigenvalue weighted by Crippen LogP contribution is -2.50. The van der Waals surface area contributed by atoms with Gasteiger partial charge in [0.05, 0.1) is 18.4 Å². The Hall–Kier alpha value is -2.67. The first-order chi connectivity index (χ1) is 13.9. The number of amides is 1. The van der Waals surface area contributed by atoms with Crippen molar-refractivity contribution in [2.75, 3.05) is 14.2 Å². The molecule has 0 bridgehead atoms. The highest BCUT2D eigenvalue weighted by Gasteiger charge is 2.56. The standard InChI is InChI=1S/C22H28N2O5/c1-6-17(25)29-20-19(18-14(2)8-7-9-15(18)3)21(26)24(28-5)22(20)12-10-16(11-13-22)23-27-4/h7-9H,6,10-13H2,1-5H3. The predicted molar refractivity (Wildman–Crippen MR) is 109 cm³/mol. The Morgan fingerprint density at radius 3 is 2.31 bits per heavy atom. The minimum atomic E-state index is -0.840. The van der Waals surface area contributed by atoms with Crippen LogP contribution in [0.5, 0.6) is 0 Å². The normalized spacial score (nSPS) is 21.8. The average Bonchev–Trinajstić information content (AvgIpc) is 2.91. The van der Waals surface area contributed by atoms with Crippen LogP contribution in [0.15, 0.2) is 29.1 Å². The molecule has 0 atom stereocenters. The van der Waals surface area contributed by atoms with Crippen molar-refractivity contribution in [3.05, 3.63) is 40.6 Å². The number of hydrogen-bond acceptors (Lipinski definition) is 6. The molecule has 2 aliphatic rings. The summed E-state index contributed by atoms with van der Waals surface area (Å²) in [6, 6.07) is 5.85. The molecule has 7 heteroatoms. The van der Waals surface area contributed by atoms with Gasteiger partial charge in [-0.3, -0.25) is 14.4 Å². The number of aryl methyl sites for hydroxylation is 2. The number of ether oxygens (including phenoxy) is 1. The SMILES string of the molecule is CCC(=O)OC1=C(c2c(C)cccc2C)C(=O)N(OC)C12CCC(=NOC)CC2. The van der Waals surface area contributed by atoms with Crippen molar-refractivity contribution >= 4 is 23.2 Å². The first kappa shape index (κ1) is 21.0. The molecule has 1 aliphatic heterocycles. The minimum Gasteiger partial charge on any atom is -0.428 e. The van der Waals surface area contributed by atoms with Gasteiger partial charge in [0.1, 0.15) is 18.4 Å². The lowest BCUT2D eigenvalue weighted by Gasteiger charge is -2.40. The van der Waals surface area contributed by atoms with Crippen LogP contribution in [0.4, 0.5) is 0 Å². The van der Waals surface area contributed by atoms with Gasteiger partial charge in [0.15, 0.2) is 0 Å². The molecule has 0 radical (unpaired) electrons. The van der Waals surface area contributed by atoms with Gasteiger partial charge in [0.25, 0.3) is 5.91 Å². The van der Waals surface area contributed by atoms with Crippen LogP contribution in [0.3, 0.4) is 0 Å². The third kappa shape index (κ3) is 3.55. The third-order valence-corrected chi connectivity index (χ3v) is 5.73. The number of hydroxylamine groups is 2. The maximum absolute atomic E-state index is 13.5. The Morgan fingerprint density at radius 1 is 1.17 bits per heavy atom. The first-order valence-electron chi connectivity index (χ1n) is 9.89. The molecule has 0 unspecified atom stereocenters. The fourth-order valence-electron chi connectivity index (χ4n) is 4.34. The van der Waals surface area contributed by atoms with Gasteiger partial charge in [0.2, 0.25) is 0 Å². The van der Waals surface area contributed by atoms with E-state index in [2.05, 4.69) is 5.16 Å². The van der Waals surface area contributed by atoms with Crippen LogP contribution in [0, 0.1) is 13.8 Å². The van der Waals surface area contributed by atoms with E-state index < -0.39 is 5.54 Å². The zero-order chi connectivity index (χ0) is 21.2. The predicted octanol–water partition coefficient (Wildman–Crippen LogP) is 3.69. The summed E-state index contributed by atoms with van der Waals surface area (Å²) in [7, 11) is 3.00. The van der Waals surface area contributed by atoms with Crippen LogP contribution in [-0.2, 0) is 24.0 Å². The van der Waals surface area contributed by atoms with Crippen molar-refractivity contribution < 1.29 is 24.0 Å². The molecule has 3 rings (SSSR count). The second-order valence-corrected chi connectivity index (χ2v) is 7.45. The third-order valence-electron chi connectivity index (χ3n) is 5.73. The zero-order valence-electron chi connectivity index (χ0n) is 17.7. The van der Waals surface area contributed by atoms with Gasteiger partial charge in [-0.25, -0.2) is 5.06 Å². The van der Waals surface area contributed by atoms with Crippen LogP contribution >= 0.6 is 0 Å². The summed E-state index contributed by atoms with van der Waals surface area (Å²) in [4.78, 5) is 36.3. The molecular weight excluding hydrogens is 372 g/mol. The van der Waals surface area contributed by atoms with Gasteiger partial charge in [-0.2, -0.15) is 0 Å². The topological polar surface area (TPSA) is 77.4 Å². The van der Waals surface area contributed by atoms with E-state index in [4.69, 9.17) is 14.4 Å². The van der Waals surface area contributed by atoms with E-state index >= 15 is 0 Å². The number of rotatable bonds is 5. The van der Waals surface area contributed by atoms with Gasteiger partial charge in [-0.1, -0.05) is 30.3 Å². The maximum Gasteiger partial charge on any atom is 0.310 e. The van der Waals surface area contributed by atoms with Gasteiger partial charge in [0, 0.05) is 6.42 Å². The lowest BCUT2D eigenvalue weighted by molar-refractivity contribution is -0.200. The van der Waals surface area contributed by atoms with E-state index in [1.54, 1.807) is 6.92 Å². The van der Waals surface area contributed by atoms with Crippen molar-refractivity contribution in [1.82, 2.24) is 5.06 Å². The monoisotopic (exact) mass is 400 g/mol. The van der Waals surface area contributed by atoms with Crippen molar-refractivity contribution in [2.45, 2.75) is 58.4 Å². The zero-order valence-corrected chi connectivity index (χ0v) is 17.7. The fraction of sp³-hybridized carbons (Fsp3) is 0.500. The quantitative estimate of drug-likeness (QED) is 0.556. The highest BCUT2D eigenvalue weighted by molar-refractivity contribution is 6.24. The molecule has 1 fully saturated rings. The summed E-state index contributed by atoms with van der Waals surface area (Å²) in [5.41, 5.74) is 3.19. The van der Waals surface area contributed by atoms with Crippen LogP contribution in [0.2, 0.25) is 0 Å². The van der Waals surface area contributed by atoms with Crippen molar-refractivity contribution in [3.63, 3.8) is 0 Å². The molecule has 1 aromatic carbocycles. The first-order valence-corrected chi connectivity index (χ1v) is 9.89. The molecule has 156 valence electrons. The highest BCUT2D eigenvalue weighted by atomic mass is 16.7. The van der Waals surface area contributed by atoms with Crippen LogP contribution in [-0.4, -0.2) is 42.4 Å². The van der Waals surface area contributed by atoms with Crippen molar-refractivity contribution in [3.8, 4) is 0 Å². The number of nitrogens with zero attached hydrogens (tertiary/aromatic N) is 2. The molecular formula is C22H28N2O5. The molecule has 0 aromatic heterocycles. The second-order valence-electron chi connectivity index (χ2n) is 7.45. The lowest BCUT2D eigenvalue weighted by atomic mass is 9.79. The number of oxime groups is 1. The molecule has 0 N–H and O–H groups in total. The molecule has 29 heavy (non-hydrogen) atoms. The smallest absolute Gasteiger partial charge is 0.310 e. The van der Waals surface area contributed by atoms with E-state index in [9.17, 15) is 9.59 Å². The molecule has 0 saturated heterocycles. The average molecular weight is 400 g/mol. The molecule has 1 saturated carbocycles. The van der Waals surface area contributed by atoms with Crippen LogP contribution in [0.1, 0.15) is 55.7 Å². The van der Waals surface area contributed by atoms with Gasteiger partial charge in [-0.15, -0.1) is 0 Å².